The lowest BCUT2D eigenvalue weighted by molar-refractivity contribution is -0.112. The summed E-state index contributed by atoms with van der Waals surface area (Å²) in [7, 11) is 11.6. The first-order valence-corrected chi connectivity index (χ1v) is 29.3. The predicted octanol–water partition coefficient (Wildman–Crippen LogP) is 8.90. The quantitative estimate of drug-likeness (QED) is 0.0151. The second-order valence-electron chi connectivity index (χ2n) is 20.7. The summed E-state index contributed by atoms with van der Waals surface area (Å²) in [5.74, 6) is 1.81. The van der Waals surface area contributed by atoms with Gasteiger partial charge < -0.3 is 50.3 Å². The average Bonchev–Trinajstić information content (AvgIpc) is 1.15. The van der Waals surface area contributed by atoms with Crippen molar-refractivity contribution in [2.75, 3.05) is 120 Å². The standard InChI is InChI=1S/2C30H39N7O2.C2H3N.CH4O3S/c2*1-8-29(38)35-25-17-21(27(39-7)19-26(25)37(6)16-15-36(4)5)18-28-32-14-13-24(34-28)30(31)22-11-9-10-12-23(22)33-20(2)3;1-2-3;1-5(2,3)4/h2*8-14,17,19-20,31,33H,1,15-16,18H2,2-7H3,(H,35,38);1H3;1H3,(H,2,3,4). The SMILES string of the molecule is C=CC(=O)Nc1cc(Cc2nccc(C(=N)c3ccccc3NC(C)C)n2)c(OC)cc1N(C)CCN(C)C.C=CC(=O)Nc1cc(Cc2nccc(C(=N)c3ccccc3NC(C)C)n2)c(OC)cc1N(C)CCN(C)C.CC#N.CS(=O)(=O)O. The summed E-state index contributed by atoms with van der Waals surface area (Å²) < 4.78 is 37.4. The third-order valence-corrected chi connectivity index (χ3v) is 12.2. The van der Waals surface area contributed by atoms with Crippen LogP contribution < -0.4 is 40.5 Å². The van der Waals surface area contributed by atoms with Crippen LogP contribution in [0.15, 0.2) is 123 Å². The number of carbonyl (C=O) groups excluding carboxylic acids is 2. The molecular weight excluding hydrogens is 1110 g/mol. The van der Waals surface area contributed by atoms with Crippen molar-refractivity contribution < 1.29 is 32.0 Å². The van der Waals surface area contributed by atoms with Crippen LogP contribution in [0.1, 0.15) is 79.9 Å². The summed E-state index contributed by atoms with van der Waals surface area (Å²) in [4.78, 5) is 51.2. The molecule has 0 radical (unpaired) electrons. The Labute approximate surface area is 508 Å². The Kier molecular flexibility index (Phi) is 29.2. The van der Waals surface area contributed by atoms with Crippen molar-refractivity contribution in [2.45, 2.75) is 59.5 Å². The normalized spacial score (nSPS) is 10.6. The van der Waals surface area contributed by atoms with Crippen LogP contribution in [0.25, 0.3) is 0 Å². The van der Waals surface area contributed by atoms with Crippen LogP contribution in [0.2, 0.25) is 0 Å². The van der Waals surface area contributed by atoms with Crippen LogP contribution in [0.4, 0.5) is 34.1 Å². The summed E-state index contributed by atoms with van der Waals surface area (Å²) in [6, 6.07) is 28.8. The monoisotopic (exact) mass is 1200 g/mol. The highest BCUT2D eigenvalue weighted by atomic mass is 32.2. The molecule has 0 fully saturated rings. The van der Waals surface area contributed by atoms with E-state index in [1.807, 2.05) is 115 Å². The molecule has 460 valence electrons. The van der Waals surface area contributed by atoms with Gasteiger partial charge in [-0.1, -0.05) is 49.6 Å². The maximum absolute atomic E-state index is 12.3. The first-order valence-electron chi connectivity index (χ1n) is 27.4. The molecule has 0 bridgehead atoms. The van der Waals surface area contributed by atoms with Crippen molar-refractivity contribution in [2.24, 2.45) is 0 Å². The molecule has 2 aromatic heterocycles. The van der Waals surface area contributed by atoms with Crippen molar-refractivity contribution >= 4 is 67.5 Å². The smallest absolute Gasteiger partial charge is 0.261 e. The van der Waals surface area contributed by atoms with Gasteiger partial charge in [-0.25, -0.2) is 19.9 Å². The Morgan fingerprint density at radius 2 is 0.977 bits per heavy atom. The van der Waals surface area contributed by atoms with Crippen LogP contribution in [-0.4, -0.2) is 167 Å². The average molecular weight is 1200 g/mol. The molecule has 22 nitrogen and oxygen atoms in total. The minimum absolute atomic E-state index is 0.230. The van der Waals surface area contributed by atoms with E-state index in [0.717, 1.165) is 71.2 Å². The van der Waals surface area contributed by atoms with Gasteiger partial charge >= 0.3 is 0 Å². The van der Waals surface area contributed by atoms with E-state index in [0.29, 0.717) is 76.4 Å². The molecule has 4 aromatic carbocycles. The van der Waals surface area contributed by atoms with E-state index in [4.69, 9.17) is 40.1 Å². The van der Waals surface area contributed by atoms with E-state index in [1.54, 1.807) is 44.8 Å². The second kappa shape index (κ2) is 35.3. The lowest BCUT2D eigenvalue weighted by Gasteiger charge is -2.25. The fourth-order valence-corrected chi connectivity index (χ4v) is 8.16. The molecule has 0 unspecified atom stereocenters. The number of ether oxygens (including phenoxy) is 2. The molecule has 6 aromatic rings. The molecule has 0 aliphatic rings. The summed E-state index contributed by atoms with van der Waals surface area (Å²) in [5.41, 5.74) is 9.57. The number of para-hydroxylation sites is 2. The minimum Gasteiger partial charge on any atom is -0.496 e. The van der Waals surface area contributed by atoms with E-state index in [9.17, 15) is 18.0 Å². The Morgan fingerprint density at radius 1 is 0.640 bits per heavy atom. The van der Waals surface area contributed by atoms with E-state index in [1.165, 1.54) is 19.1 Å². The molecular formula is C63H85N15O7S. The predicted molar refractivity (Wildman–Crippen MR) is 348 cm³/mol. The van der Waals surface area contributed by atoms with Gasteiger partial charge in [-0.05, 0) is 104 Å². The van der Waals surface area contributed by atoms with Gasteiger partial charge in [0.15, 0.2) is 0 Å². The molecule has 0 spiro atoms. The Balaban J connectivity index is 0.000000400. The number of nitrogens with one attached hydrogen (secondary N) is 6. The number of anilines is 6. The van der Waals surface area contributed by atoms with Gasteiger partial charge in [-0.3, -0.25) is 25.0 Å². The molecule has 86 heavy (non-hydrogen) atoms. The number of nitriles is 1. The Bertz CT molecular complexity index is 3210. The number of carbonyl (C=O) groups is 2. The molecule has 23 heteroatoms. The third-order valence-electron chi connectivity index (χ3n) is 12.2. The minimum atomic E-state index is -3.67. The van der Waals surface area contributed by atoms with E-state index < -0.39 is 10.1 Å². The number of amides is 2. The largest absolute Gasteiger partial charge is 0.496 e. The van der Waals surface area contributed by atoms with Crippen LogP contribution in [0.3, 0.4) is 0 Å². The topological polar surface area (TPSA) is 291 Å². The molecule has 0 aliphatic carbocycles. The summed E-state index contributed by atoms with van der Waals surface area (Å²) in [6.07, 6.45) is 7.26. The zero-order valence-corrected chi connectivity index (χ0v) is 52.9. The Morgan fingerprint density at radius 3 is 1.28 bits per heavy atom. The fourth-order valence-electron chi connectivity index (χ4n) is 8.16. The second-order valence-corrected chi connectivity index (χ2v) is 22.1. The maximum Gasteiger partial charge on any atom is 0.261 e. The summed E-state index contributed by atoms with van der Waals surface area (Å²) in [6.45, 7) is 20.1. The van der Waals surface area contributed by atoms with Gasteiger partial charge in [0.1, 0.15) is 23.1 Å². The number of methoxy groups -OCH3 is 2. The summed E-state index contributed by atoms with van der Waals surface area (Å²) >= 11 is 0. The van der Waals surface area contributed by atoms with E-state index in [-0.39, 0.29) is 23.9 Å². The van der Waals surface area contributed by atoms with Crippen molar-refractivity contribution in [3.63, 3.8) is 0 Å². The molecule has 0 atom stereocenters. The van der Waals surface area contributed by atoms with Crippen molar-refractivity contribution in [3.05, 3.63) is 168 Å². The number of aromatic nitrogens is 4. The van der Waals surface area contributed by atoms with Crippen LogP contribution in [0, 0.1) is 22.1 Å². The highest BCUT2D eigenvalue weighted by Crippen LogP contribution is 2.36. The number of benzene rings is 4. The number of rotatable bonds is 26. The van der Waals surface area contributed by atoms with Gasteiger partial charge in [0.05, 0.1) is 72.1 Å². The van der Waals surface area contributed by atoms with Crippen LogP contribution >= 0.6 is 0 Å². The number of nitrogens with zero attached hydrogens (tertiary/aromatic N) is 9. The van der Waals surface area contributed by atoms with Gasteiger partial charge in [-0.2, -0.15) is 13.7 Å². The summed E-state index contributed by atoms with van der Waals surface area (Å²) in [5, 5.41) is 37.7. The Hall–Kier alpha value is -9.08. The molecule has 2 heterocycles. The molecule has 7 N–H and O–H groups in total. The van der Waals surface area contributed by atoms with Crippen molar-refractivity contribution in [1.82, 2.24) is 29.7 Å². The highest BCUT2D eigenvalue weighted by Gasteiger charge is 2.21. The zero-order chi connectivity index (χ0) is 64.3. The molecule has 0 saturated carbocycles. The number of hydrogen-bond acceptors (Lipinski definition) is 19. The van der Waals surface area contributed by atoms with Gasteiger partial charge in [-0.15, -0.1) is 0 Å². The first kappa shape index (κ1) is 71.2. The van der Waals surface area contributed by atoms with Crippen molar-refractivity contribution in [1.29, 1.82) is 16.1 Å². The molecule has 6 rings (SSSR count). The number of hydrogen-bond donors (Lipinski definition) is 7. The lowest BCUT2D eigenvalue weighted by Crippen LogP contribution is -2.29. The van der Waals surface area contributed by atoms with Crippen LogP contribution in [-0.2, 0) is 32.5 Å². The zero-order valence-electron chi connectivity index (χ0n) is 52.0. The molecule has 2 amide bonds. The highest BCUT2D eigenvalue weighted by molar-refractivity contribution is 7.85. The van der Waals surface area contributed by atoms with Gasteiger partial charge in [0, 0.05) is 130 Å². The van der Waals surface area contributed by atoms with Crippen molar-refractivity contribution in [3.8, 4) is 17.6 Å². The van der Waals surface area contributed by atoms with E-state index >= 15 is 0 Å². The fraction of sp³-hybridized carbons (Fsp3) is 0.349. The first-order chi connectivity index (χ1) is 40.7. The lowest BCUT2D eigenvalue weighted by atomic mass is 10.0. The van der Waals surface area contributed by atoms with Gasteiger partial charge in [0.2, 0.25) is 11.8 Å². The molecule has 0 aliphatic heterocycles. The maximum atomic E-state index is 12.3. The number of likely N-dealkylation sites (N-methyl/N-ethyl adjacent to an activating group) is 4. The van der Waals surface area contributed by atoms with Crippen LogP contribution in [0.5, 0.6) is 11.5 Å². The van der Waals surface area contributed by atoms with Gasteiger partial charge in [0.25, 0.3) is 10.1 Å². The molecule has 0 saturated heterocycles. The van der Waals surface area contributed by atoms with E-state index in [2.05, 4.69) is 91.7 Å². The third kappa shape index (κ3) is 23.9.